The zero-order valence-corrected chi connectivity index (χ0v) is 23.1. The number of carbonyl (C=O) groups is 2. The number of ether oxygens (including phenoxy) is 3. The highest BCUT2D eigenvalue weighted by atomic mass is 16.6. The molecule has 41 heavy (non-hydrogen) atoms. The number of amides is 2. The number of nitrogens with zero attached hydrogens (tertiary/aromatic N) is 3. The minimum atomic E-state index is -1.57. The van der Waals surface area contributed by atoms with Gasteiger partial charge in [0.1, 0.15) is 47.5 Å². The number of H-pyrrole nitrogens is 1. The van der Waals surface area contributed by atoms with Gasteiger partial charge in [-0.05, 0) is 38.5 Å². The number of aliphatic hydroxyl groups excluding tert-OH is 3. The van der Waals surface area contributed by atoms with Crippen molar-refractivity contribution in [2.75, 3.05) is 19.0 Å². The predicted octanol–water partition coefficient (Wildman–Crippen LogP) is -0.167. The molecule has 0 bridgehead atoms. The lowest BCUT2D eigenvalue weighted by molar-refractivity contribution is -0.185. The van der Waals surface area contributed by atoms with Crippen LogP contribution in [0.25, 0.3) is 11.2 Å². The summed E-state index contributed by atoms with van der Waals surface area (Å²) in [5.41, 5.74) is 0.722. The Kier molecular flexibility index (Phi) is 9.22. The van der Waals surface area contributed by atoms with E-state index in [2.05, 4.69) is 35.9 Å². The zero-order valence-electron chi connectivity index (χ0n) is 23.1. The minimum Gasteiger partial charge on any atom is -0.497 e. The third-order valence-corrected chi connectivity index (χ3v) is 6.35. The lowest BCUT2D eigenvalue weighted by Crippen LogP contribution is -2.67. The smallest absolute Gasteiger partial charge is 0.408 e. The molecule has 1 saturated heterocycles. The number of alkyl carbamates (subject to hydrolysis) is 1. The highest BCUT2D eigenvalue weighted by Crippen LogP contribution is 2.25. The molecular formula is C26H35N7O8. The predicted molar refractivity (Wildman–Crippen MR) is 145 cm³/mol. The number of benzene rings is 1. The van der Waals surface area contributed by atoms with Crippen molar-refractivity contribution in [2.45, 2.75) is 69.4 Å². The number of methoxy groups -OCH3 is 1. The van der Waals surface area contributed by atoms with Crippen molar-refractivity contribution in [3.63, 3.8) is 0 Å². The first kappa shape index (κ1) is 29.9. The Morgan fingerprint density at radius 1 is 1.12 bits per heavy atom. The first-order chi connectivity index (χ1) is 19.5. The molecule has 1 aliphatic rings. The van der Waals surface area contributed by atoms with E-state index in [0.29, 0.717) is 22.5 Å². The second kappa shape index (κ2) is 12.6. The van der Waals surface area contributed by atoms with Gasteiger partial charge in [-0.2, -0.15) is 0 Å². The van der Waals surface area contributed by atoms with Crippen molar-refractivity contribution in [1.29, 1.82) is 0 Å². The molecule has 2 amide bonds. The average Bonchev–Trinajstić information content (AvgIpc) is 3.41. The Balaban J connectivity index is 1.49. The number of carbonyl (C=O) groups excluding carboxylic acids is 2. The van der Waals surface area contributed by atoms with E-state index < -0.39 is 60.8 Å². The molecule has 1 aliphatic heterocycles. The van der Waals surface area contributed by atoms with Crippen LogP contribution in [-0.2, 0) is 20.7 Å². The number of anilines is 1. The van der Waals surface area contributed by atoms with Crippen LogP contribution in [0.1, 0.15) is 26.3 Å². The van der Waals surface area contributed by atoms with Gasteiger partial charge >= 0.3 is 6.09 Å². The Bertz CT molecular complexity index is 1330. The zero-order chi connectivity index (χ0) is 29.7. The Morgan fingerprint density at radius 3 is 2.51 bits per heavy atom. The molecule has 0 aliphatic carbocycles. The van der Waals surface area contributed by atoms with Crippen molar-refractivity contribution in [1.82, 2.24) is 30.6 Å². The van der Waals surface area contributed by atoms with Crippen molar-refractivity contribution in [3.8, 4) is 5.75 Å². The molecule has 15 nitrogen and oxygen atoms in total. The van der Waals surface area contributed by atoms with Gasteiger partial charge in [0.05, 0.1) is 26.1 Å². The van der Waals surface area contributed by atoms with E-state index in [4.69, 9.17) is 14.2 Å². The standard InChI is InChI=1S/C26H35N7O8/c1-26(2,3)41-25(38)31-15(9-13-5-7-14(39-4)8-6-13)23(37)32-17-16(10-34)40-24(20(36)19(17)35)33-22-18-21(28-11-27-18)29-12-30-22/h5-8,11-12,15-17,19-20,24,34-36H,9-10H2,1-4H3,(H,31,38)(H,32,37)(H2,27,28,29,30,33)/t15-,16+,17+,19-,20+,24+/m1/s1. The van der Waals surface area contributed by atoms with Gasteiger partial charge in [0.15, 0.2) is 17.7 Å². The van der Waals surface area contributed by atoms with Crippen molar-refractivity contribution in [3.05, 3.63) is 42.5 Å². The van der Waals surface area contributed by atoms with Gasteiger partial charge in [-0.25, -0.2) is 19.7 Å². The molecule has 0 unspecified atom stereocenters. The first-order valence-corrected chi connectivity index (χ1v) is 12.9. The molecule has 7 N–H and O–H groups in total. The van der Waals surface area contributed by atoms with E-state index in [9.17, 15) is 24.9 Å². The lowest BCUT2D eigenvalue weighted by atomic mass is 9.94. The number of hydrogen-bond donors (Lipinski definition) is 7. The Labute approximate surface area is 235 Å². The topological polar surface area (TPSA) is 213 Å². The number of aromatic nitrogens is 4. The van der Waals surface area contributed by atoms with Crippen LogP contribution in [0, 0.1) is 0 Å². The molecule has 0 spiro atoms. The van der Waals surface area contributed by atoms with Crippen molar-refractivity contribution in [2.24, 2.45) is 0 Å². The molecule has 3 heterocycles. The molecule has 1 aromatic carbocycles. The molecule has 0 saturated carbocycles. The number of aliphatic hydroxyl groups is 3. The summed E-state index contributed by atoms with van der Waals surface area (Å²) in [6, 6.07) is 4.57. The molecule has 3 aromatic rings. The average molecular weight is 574 g/mol. The molecule has 0 radical (unpaired) electrons. The fourth-order valence-corrected chi connectivity index (χ4v) is 4.35. The van der Waals surface area contributed by atoms with E-state index in [0.717, 1.165) is 0 Å². The summed E-state index contributed by atoms with van der Waals surface area (Å²) in [5.74, 6) is 0.186. The normalized spacial score (nSPS) is 23.4. The van der Waals surface area contributed by atoms with Crippen LogP contribution in [0.15, 0.2) is 36.9 Å². The maximum absolute atomic E-state index is 13.5. The SMILES string of the molecule is COc1ccc(C[C@@H](NC(=O)OC(C)(C)C)C(=O)N[C@@H]2[C@@H](O)[C@H](O)[C@@H](Nc3ncnc4nc[nH]c34)O[C@H]2CO)cc1. The molecule has 222 valence electrons. The Hall–Kier alpha value is -4.05. The first-order valence-electron chi connectivity index (χ1n) is 12.9. The number of fused-ring (bicyclic) bond motifs is 1. The summed E-state index contributed by atoms with van der Waals surface area (Å²) in [6.45, 7) is 4.48. The maximum Gasteiger partial charge on any atom is 0.408 e. The number of aromatic amines is 1. The summed E-state index contributed by atoms with van der Waals surface area (Å²) in [7, 11) is 1.53. The van der Waals surface area contributed by atoms with Crippen molar-refractivity contribution >= 4 is 29.0 Å². The van der Waals surface area contributed by atoms with E-state index in [1.807, 2.05) is 0 Å². The van der Waals surface area contributed by atoms with Gasteiger partial charge in [-0.15, -0.1) is 0 Å². The number of rotatable bonds is 9. The number of nitrogens with one attached hydrogen (secondary N) is 4. The van der Waals surface area contributed by atoms with Crippen LogP contribution in [0.4, 0.5) is 10.6 Å². The van der Waals surface area contributed by atoms with Gasteiger partial charge in [0.2, 0.25) is 5.91 Å². The second-order valence-corrected chi connectivity index (χ2v) is 10.5. The maximum atomic E-state index is 13.5. The summed E-state index contributed by atoms with van der Waals surface area (Å²) in [6.07, 6.45) is -3.49. The van der Waals surface area contributed by atoms with Crippen LogP contribution in [0.5, 0.6) is 5.75 Å². The quantitative estimate of drug-likeness (QED) is 0.178. The minimum absolute atomic E-state index is 0.0726. The van der Waals surface area contributed by atoms with Crippen molar-refractivity contribution < 1.29 is 39.1 Å². The molecule has 15 heteroatoms. The van der Waals surface area contributed by atoms with E-state index in [1.54, 1.807) is 45.0 Å². The third kappa shape index (κ3) is 7.38. The molecular weight excluding hydrogens is 538 g/mol. The van der Waals surface area contributed by atoms with Crippen LogP contribution in [0.3, 0.4) is 0 Å². The van der Waals surface area contributed by atoms with E-state index >= 15 is 0 Å². The largest absolute Gasteiger partial charge is 0.497 e. The lowest BCUT2D eigenvalue weighted by Gasteiger charge is -2.43. The highest BCUT2D eigenvalue weighted by Gasteiger charge is 2.46. The second-order valence-electron chi connectivity index (χ2n) is 10.5. The summed E-state index contributed by atoms with van der Waals surface area (Å²) < 4.78 is 16.3. The monoisotopic (exact) mass is 573 g/mol. The molecule has 4 rings (SSSR count). The highest BCUT2D eigenvalue weighted by molar-refractivity contribution is 5.86. The third-order valence-electron chi connectivity index (χ3n) is 6.35. The molecule has 6 atom stereocenters. The summed E-state index contributed by atoms with van der Waals surface area (Å²) >= 11 is 0. The molecule has 1 fully saturated rings. The van der Waals surface area contributed by atoms with Crippen LogP contribution < -0.4 is 20.7 Å². The Morgan fingerprint density at radius 2 is 1.85 bits per heavy atom. The van der Waals surface area contributed by atoms with E-state index in [1.165, 1.54) is 19.8 Å². The number of imidazole rings is 1. The van der Waals surface area contributed by atoms with Gasteiger partial charge in [0.25, 0.3) is 0 Å². The summed E-state index contributed by atoms with van der Waals surface area (Å²) in [4.78, 5) is 41.1. The van der Waals surface area contributed by atoms with Crippen LogP contribution in [-0.4, -0.2) is 103 Å². The summed E-state index contributed by atoms with van der Waals surface area (Å²) in [5, 5.41) is 40.0. The fourth-order valence-electron chi connectivity index (χ4n) is 4.35. The van der Waals surface area contributed by atoms with Crippen LogP contribution >= 0.6 is 0 Å². The van der Waals surface area contributed by atoms with E-state index in [-0.39, 0.29) is 12.2 Å². The number of hydrogen-bond acceptors (Lipinski definition) is 12. The van der Waals surface area contributed by atoms with Gasteiger partial charge in [-0.1, -0.05) is 12.1 Å². The van der Waals surface area contributed by atoms with Gasteiger partial charge < -0.3 is 50.5 Å². The molecule has 2 aromatic heterocycles. The van der Waals surface area contributed by atoms with Gasteiger partial charge in [0, 0.05) is 6.42 Å². The van der Waals surface area contributed by atoms with Gasteiger partial charge in [-0.3, -0.25) is 4.79 Å². The fraction of sp³-hybridized carbons (Fsp3) is 0.500. The van der Waals surface area contributed by atoms with Crippen LogP contribution in [0.2, 0.25) is 0 Å².